The summed E-state index contributed by atoms with van der Waals surface area (Å²) in [5.41, 5.74) is -0.703. The zero-order chi connectivity index (χ0) is 21.7. The quantitative estimate of drug-likeness (QED) is 0.258. The number of aromatic nitrogens is 1. The summed E-state index contributed by atoms with van der Waals surface area (Å²) >= 11 is 0. The Bertz CT molecular complexity index is 1040. The van der Waals surface area contributed by atoms with Crippen LogP contribution in [0.2, 0.25) is 0 Å². The van der Waals surface area contributed by atoms with Gasteiger partial charge in [-0.1, -0.05) is 6.07 Å². The van der Waals surface area contributed by atoms with Crippen LogP contribution in [-0.4, -0.2) is 26.8 Å². The summed E-state index contributed by atoms with van der Waals surface area (Å²) in [4.78, 5) is 48.5. The molecule has 0 aliphatic carbocycles. The molecule has 0 N–H and O–H groups in total. The van der Waals surface area contributed by atoms with Gasteiger partial charge in [-0.3, -0.25) is 20.2 Å². The van der Waals surface area contributed by atoms with E-state index < -0.39 is 21.8 Å². The van der Waals surface area contributed by atoms with E-state index >= 15 is 0 Å². The van der Waals surface area contributed by atoms with E-state index in [1.807, 2.05) is 0 Å². The molecule has 0 fully saturated rings. The van der Waals surface area contributed by atoms with E-state index in [1.165, 1.54) is 66.7 Å². The Kier molecular flexibility index (Phi) is 5.73. The number of rotatable bonds is 6. The number of carbonyl (C=O) groups excluding carboxylic acids is 2. The molecular weight excluding hydrogens is 398 g/mol. The van der Waals surface area contributed by atoms with Gasteiger partial charge >= 0.3 is 11.9 Å². The van der Waals surface area contributed by atoms with Gasteiger partial charge in [0.05, 0.1) is 9.85 Å². The molecule has 0 spiro atoms. The fourth-order valence-corrected chi connectivity index (χ4v) is 2.25. The van der Waals surface area contributed by atoms with Gasteiger partial charge in [0.25, 0.3) is 11.4 Å². The summed E-state index contributed by atoms with van der Waals surface area (Å²) in [6, 6.07) is 13.7. The van der Waals surface area contributed by atoms with E-state index in [-0.39, 0.29) is 34.3 Å². The first kappa shape index (κ1) is 20.1. The Labute approximate surface area is 167 Å². The third-order valence-electron chi connectivity index (χ3n) is 3.68. The number of benzene rings is 2. The highest BCUT2D eigenvalue weighted by Gasteiger charge is 2.17. The molecule has 11 heteroatoms. The van der Waals surface area contributed by atoms with Crippen molar-refractivity contribution in [1.29, 1.82) is 0 Å². The van der Waals surface area contributed by atoms with Crippen molar-refractivity contribution in [2.75, 3.05) is 0 Å². The number of nitrogens with zero attached hydrogens (tertiary/aromatic N) is 3. The normalized spacial score (nSPS) is 10.1. The third kappa shape index (κ3) is 4.78. The lowest BCUT2D eigenvalue weighted by Gasteiger charge is -2.06. The minimum absolute atomic E-state index is 0.0614. The van der Waals surface area contributed by atoms with Gasteiger partial charge in [-0.15, -0.1) is 0 Å². The van der Waals surface area contributed by atoms with Gasteiger partial charge in [-0.25, -0.2) is 14.6 Å². The monoisotopic (exact) mass is 409 g/mol. The number of carbonyl (C=O) groups is 2. The Hall–Kier alpha value is -4.67. The molecule has 0 saturated heterocycles. The summed E-state index contributed by atoms with van der Waals surface area (Å²) in [6.07, 6.45) is 0. The fourth-order valence-electron chi connectivity index (χ4n) is 2.25. The van der Waals surface area contributed by atoms with Crippen molar-refractivity contribution in [2.45, 2.75) is 0 Å². The predicted molar refractivity (Wildman–Crippen MR) is 100 cm³/mol. The molecule has 3 aromatic rings. The number of nitro groups is 2. The van der Waals surface area contributed by atoms with E-state index in [4.69, 9.17) is 9.47 Å². The molecule has 0 unspecified atom stereocenters. The minimum atomic E-state index is -0.881. The predicted octanol–water partition coefficient (Wildman–Crippen LogP) is 3.34. The van der Waals surface area contributed by atoms with Crippen LogP contribution in [0.25, 0.3) is 0 Å². The van der Waals surface area contributed by atoms with E-state index in [0.717, 1.165) is 0 Å². The largest absolute Gasteiger partial charge is 0.422 e. The van der Waals surface area contributed by atoms with Crippen LogP contribution < -0.4 is 9.47 Å². The summed E-state index contributed by atoms with van der Waals surface area (Å²) in [5, 5.41) is 21.3. The summed E-state index contributed by atoms with van der Waals surface area (Å²) < 4.78 is 10.2. The second kappa shape index (κ2) is 8.56. The van der Waals surface area contributed by atoms with E-state index in [0.29, 0.717) is 0 Å². The number of ether oxygens (including phenoxy) is 2. The molecule has 1 aromatic heterocycles. The van der Waals surface area contributed by atoms with Crippen molar-refractivity contribution >= 4 is 23.3 Å². The molecule has 3 rings (SSSR count). The average Bonchev–Trinajstić information content (AvgIpc) is 2.74. The number of esters is 2. The summed E-state index contributed by atoms with van der Waals surface area (Å²) in [6.45, 7) is 0. The standard InChI is InChI=1S/C19H11N3O8/c23-18(29-14-8-4-12(5-9-14)21(25)26)16-2-1-3-17(20-16)19(24)30-15-10-6-13(7-11-15)22(27)28/h1-11H. The molecule has 0 aliphatic heterocycles. The molecule has 2 aromatic carbocycles. The summed E-state index contributed by atoms with van der Waals surface area (Å²) in [5.74, 6) is -1.64. The Morgan fingerprint density at radius 3 is 1.37 bits per heavy atom. The van der Waals surface area contributed by atoms with Crippen LogP contribution in [0.5, 0.6) is 11.5 Å². The second-order valence-electron chi connectivity index (χ2n) is 5.69. The SMILES string of the molecule is O=C(Oc1ccc([N+](=O)[O-])cc1)c1cccc(C(=O)Oc2ccc([N+](=O)[O-])cc2)n1. The zero-order valence-electron chi connectivity index (χ0n) is 15.0. The molecule has 0 aliphatic rings. The van der Waals surface area contributed by atoms with Crippen molar-refractivity contribution < 1.29 is 28.9 Å². The average molecular weight is 409 g/mol. The van der Waals surface area contributed by atoms with Crippen LogP contribution in [0.3, 0.4) is 0 Å². The molecule has 0 radical (unpaired) electrons. The topological polar surface area (TPSA) is 152 Å². The Morgan fingerprint density at radius 1 is 0.667 bits per heavy atom. The highest BCUT2D eigenvalue weighted by atomic mass is 16.6. The number of nitro benzene ring substituents is 2. The molecule has 0 bridgehead atoms. The van der Waals surface area contributed by atoms with Gasteiger partial charge in [0.15, 0.2) is 0 Å². The molecule has 11 nitrogen and oxygen atoms in total. The third-order valence-corrected chi connectivity index (χ3v) is 3.68. The van der Waals surface area contributed by atoms with Crippen LogP contribution in [0, 0.1) is 20.2 Å². The van der Waals surface area contributed by atoms with Crippen molar-refractivity contribution in [1.82, 2.24) is 4.98 Å². The van der Waals surface area contributed by atoms with Crippen LogP contribution in [-0.2, 0) is 0 Å². The highest BCUT2D eigenvalue weighted by Crippen LogP contribution is 2.20. The second-order valence-corrected chi connectivity index (χ2v) is 5.69. The van der Waals surface area contributed by atoms with Crippen molar-refractivity contribution in [2.24, 2.45) is 0 Å². The first-order chi connectivity index (χ1) is 14.3. The molecular formula is C19H11N3O8. The van der Waals surface area contributed by atoms with Crippen LogP contribution >= 0.6 is 0 Å². The molecule has 0 amide bonds. The molecule has 0 saturated carbocycles. The number of pyridine rings is 1. The van der Waals surface area contributed by atoms with Gasteiger partial charge in [0, 0.05) is 24.3 Å². The highest BCUT2D eigenvalue weighted by molar-refractivity contribution is 5.93. The van der Waals surface area contributed by atoms with Gasteiger partial charge in [0.1, 0.15) is 22.9 Å². The molecule has 150 valence electrons. The van der Waals surface area contributed by atoms with Crippen LogP contribution in [0.1, 0.15) is 21.0 Å². The fraction of sp³-hybridized carbons (Fsp3) is 0. The van der Waals surface area contributed by atoms with Crippen LogP contribution in [0.4, 0.5) is 11.4 Å². The van der Waals surface area contributed by atoms with Gasteiger partial charge in [0.2, 0.25) is 0 Å². The lowest BCUT2D eigenvalue weighted by molar-refractivity contribution is -0.385. The van der Waals surface area contributed by atoms with Crippen LogP contribution in [0.15, 0.2) is 66.7 Å². The maximum atomic E-state index is 12.2. The summed E-state index contributed by atoms with van der Waals surface area (Å²) in [7, 11) is 0. The molecule has 0 atom stereocenters. The Morgan fingerprint density at radius 2 is 1.03 bits per heavy atom. The minimum Gasteiger partial charge on any atom is -0.422 e. The smallest absolute Gasteiger partial charge is 0.362 e. The number of non-ortho nitro benzene ring substituents is 2. The number of hydrogen-bond acceptors (Lipinski definition) is 9. The molecule has 30 heavy (non-hydrogen) atoms. The number of hydrogen-bond donors (Lipinski definition) is 0. The van der Waals surface area contributed by atoms with E-state index in [9.17, 15) is 29.8 Å². The lowest BCUT2D eigenvalue weighted by Crippen LogP contribution is -2.15. The Balaban J connectivity index is 1.69. The van der Waals surface area contributed by atoms with Crippen molar-refractivity contribution in [3.8, 4) is 11.5 Å². The zero-order valence-corrected chi connectivity index (χ0v) is 15.0. The first-order valence-corrected chi connectivity index (χ1v) is 8.24. The first-order valence-electron chi connectivity index (χ1n) is 8.24. The van der Waals surface area contributed by atoms with Gasteiger partial charge in [-0.05, 0) is 36.4 Å². The van der Waals surface area contributed by atoms with Crippen molar-refractivity contribution in [3.05, 3.63) is 98.3 Å². The van der Waals surface area contributed by atoms with E-state index in [2.05, 4.69) is 4.98 Å². The van der Waals surface area contributed by atoms with Crippen molar-refractivity contribution in [3.63, 3.8) is 0 Å². The van der Waals surface area contributed by atoms with E-state index in [1.54, 1.807) is 0 Å². The maximum absolute atomic E-state index is 12.2. The maximum Gasteiger partial charge on any atom is 0.362 e. The molecule has 1 heterocycles. The van der Waals surface area contributed by atoms with Gasteiger partial charge < -0.3 is 9.47 Å². The lowest BCUT2D eigenvalue weighted by atomic mass is 10.3. The van der Waals surface area contributed by atoms with Gasteiger partial charge in [-0.2, -0.15) is 0 Å².